The summed E-state index contributed by atoms with van der Waals surface area (Å²) in [6, 6.07) is 8.81. The Morgan fingerprint density at radius 2 is 1.96 bits per heavy atom. The van der Waals surface area contributed by atoms with Crippen molar-refractivity contribution in [3.05, 3.63) is 59.7 Å². The van der Waals surface area contributed by atoms with E-state index in [9.17, 15) is 23.5 Å². The Balaban J connectivity index is 1.67. The van der Waals surface area contributed by atoms with Gasteiger partial charge in [-0.15, -0.1) is 0 Å². The molecule has 0 radical (unpaired) electrons. The van der Waals surface area contributed by atoms with Crippen molar-refractivity contribution >= 4 is 23.3 Å². The molecule has 2 aromatic carbocycles. The van der Waals surface area contributed by atoms with Gasteiger partial charge < -0.3 is 15.3 Å². The van der Waals surface area contributed by atoms with Gasteiger partial charge in [-0.1, -0.05) is 18.2 Å². The first-order valence-corrected chi connectivity index (χ1v) is 8.94. The normalized spacial score (nSPS) is 22.8. The number of fused-ring (bicyclic) bond motifs is 3. The third-order valence-corrected chi connectivity index (χ3v) is 5.47. The molecule has 0 spiro atoms. The summed E-state index contributed by atoms with van der Waals surface area (Å²) in [5.74, 6) is -1.67. The maximum atomic E-state index is 13.9. The van der Waals surface area contributed by atoms with E-state index in [1.807, 2.05) is 12.1 Å². The fourth-order valence-electron chi connectivity index (χ4n) is 4.30. The molecular formula is C20H19F2N3O3. The van der Waals surface area contributed by atoms with E-state index in [0.717, 1.165) is 23.8 Å². The van der Waals surface area contributed by atoms with Crippen LogP contribution in [0.3, 0.4) is 0 Å². The monoisotopic (exact) mass is 387 g/mol. The van der Waals surface area contributed by atoms with Crippen LogP contribution in [0, 0.1) is 11.6 Å². The average molecular weight is 387 g/mol. The quantitative estimate of drug-likeness (QED) is 0.832. The molecule has 2 N–H and O–H groups in total. The lowest BCUT2D eigenvalue weighted by atomic mass is 9.72. The van der Waals surface area contributed by atoms with Gasteiger partial charge in [-0.3, -0.25) is 9.69 Å². The van der Waals surface area contributed by atoms with Crippen molar-refractivity contribution in [2.24, 2.45) is 0 Å². The molecule has 1 fully saturated rings. The van der Waals surface area contributed by atoms with Gasteiger partial charge in [0.25, 0.3) is 0 Å². The average Bonchev–Trinajstić information content (AvgIpc) is 2.64. The maximum Gasteiger partial charge on any atom is 0.326 e. The zero-order chi connectivity index (χ0) is 20.0. The van der Waals surface area contributed by atoms with Crippen LogP contribution >= 0.6 is 0 Å². The van der Waals surface area contributed by atoms with Gasteiger partial charge in [-0.25, -0.2) is 13.6 Å². The van der Waals surface area contributed by atoms with Crippen LogP contribution in [0.4, 0.5) is 25.0 Å². The molecule has 2 heterocycles. The van der Waals surface area contributed by atoms with Crippen molar-refractivity contribution in [3.8, 4) is 0 Å². The molecule has 0 aromatic heterocycles. The van der Waals surface area contributed by atoms with Gasteiger partial charge >= 0.3 is 6.03 Å². The number of carbonyl (C=O) groups excluding carboxylic acids is 2. The molecule has 0 aliphatic carbocycles. The number of benzene rings is 2. The van der Waals surface area contributed by atoms with Crippen LogP contribution in [0.2, 0.25) is 0 Å². The van der Waals surface area contributed by atoms with Crippen LogP contribution in [0.1, 0.15) is 18.4 Å². The number of hydrogen-bond donors (Lipinski definition) is 2. The number of nitrogens with zero attached hydrogens (tertiary/aromatic N) is 2. The Morgan fingerprint density at radius 1 is 1.21 bits per heavy atom. The van der Waals surface area contributed by atoms with Gasteiger partial charge in [0.15, 0.2) is 0 Å². The predicted octanol–water partition coefficient (Wildman–Crippen LogP) is 2.69. The van der Waals surface area contributed by atoms with Crippen LogP contribution in [-0.4, -0.2) is 47.2 Å². The van der Waals surface area contributed by atoms with Crippen molar-refractivity contribution in [2.75, 3.05) is 23.4 Å². The zero-order valence-corrected chi connectivity index (χ0v) is 15.1. The molecule has 2 aliphatic rings. The van der Waals surface area contributed by atoms with Crippen LogP contribution in [0.5, 0.6) is 0 Å². The fraction of sp³-hybridized carbons (Fsp3) is 0.300. The number of carbonyl (C=O) groups is 2. The SMILES string of the molecule is CC(=O)N1[C@H](CO)[C@@H]2c3ccccc3N(C(=O)Nc3cc(F)ccc3F)C[C@@H]21. The first kappa shape index (κ1) is 18.4. The number of hydrogen-bond acceptors (Lipinski definition) is 3. The molecule has 4 rings (SSSR count). The lowest BCUT2D eigenvalue weighted by Gasteiger charge is -2.58. The van der Waals surface area contributed by atoms with E-state index < -0.39 is 17.7 Å². The molecule has 28 heavy (non-hydrogen) atoms. The number of halogens is 2. The second kappa shape index (κ2) is 6.87. The molecule has 2 aromatic rings. The highest BCUT2D eigenvalue weighted by molar-refractivity contribution is 6.03. The summed E-state index contributed by atoms with van der Waals surface area (Å²) in [6.45, 7) is 1.45. The minimum absolute atomic E-state index is 0.0833. The van der Waals surface area contributed by atoms with Crippen LogP contribution in [-0.2, 0) is 4.79 Å². The van der Waals surface area contributed by atoms with E-state index in [0.29, 0.717) is 5.69 Å². The van der Waals surface area contributed by atoms with Gasteiger partial charge in [0.1, 0.15) is 11.6 Å². The summed E-state index contributed by atoms with van der Waals surface area (Å²) in [6.07, 6.45) is 0. The number of nitrogens with one attached hydrogen (secondary N) is 1. The molecule has 6 nitrogen and oxygen atoms in total. The van der Waals surface area contributed by atoms with E-state index in [1.54, 1.807) is 17.0 Å². The third-order valence-electron chi connectivity index (χ3n) is 5.47. The smallest absolute Gasteiger partial charge is 0.326 e. The number of aliphatic hydroxyl groups is 1. The summed E-state index contributed by atoms with van der Waals surface area (Å²) in [5, 5.41) is 12.1. The molecule has 146 valence electrons. The van der Waals surface area contributed by atoms with Gasteiger partial charge in [-0.05, 0) is 23.8 Å². The number of amides is 3. The number of rotatable bonds is 2. The topological polar surface area (TPSA) is 72.9 Å². The van der Waals surface area contributed by atoms with E-state index in [-0.39, 0.29) is 42.7 Å². The minimum Gasteiger partial charge on any atom is -0.394 e. The Hall–Kier alpha value is -3.00. The van der Waals surface area contributed by atoms with Gasteiger partial charge in [-0.2, -0.15) is 0 Å². The van der Waals surface area contributed by atoms with Crippen LogP contribution in [0.15, 0.2) is 42.5 Å². The summed E-state index contributed by atoms with van der Waals surface area (Å²) >= 11 is 0. The lowest BCUT2D eigenvalue weighted by molar-refractivity contribution is -0.147. The summed E-state index contributed by atoms with van der Waals surface area (Å²) in [5.41, 5.74) is 1.21. The fourth-order valence-corrected chi connectivity index (χ4v) is 4.30. The maximum absolute atomic E-state index is 13.9. The first-order valence-electron chi connectivity index (χ1n) is 8.94. The highest BCUT2D eigenvalue weighted by Crippen LogP contribution is 2.48. The first-order chi connectivity index (χ1) is 13.4. The molecule has 3 atom stereocenters. The molecule has 0 saturated carbocycles. The molecule has 1 saturated heterocycles. The van der Waals surface area contributed by atoms with E-state index in [4.69, 9.17) is 0 Å². The van der Waals surface area contributed by atoms with Crippen LogP contribution < -0.4 is 10.2 Å². The highest BCUT2D eigenvalue weighted by atomic mass is 19.1. The van der Waals surface area contributed by atoms with E-state index in [2.05, 4.69) is 5.32 Å². The molecule has 0 unspecified atom stereocenters. The standard InChI is InChI=1S/C20H19F2N3O3/c1-11(27)25-17-9-24(20(28)23-15-8-12(21)6-7-14(15)22)16-5-3-2-4-13(16)19(17)18(25)10-26/h2-8,17-19,26H,9-10H2,1H3,(H,23,28)/t17-,18+,19+/m0/s1. The number of para-hydroxylation sites is 1. The van der Waals surface area contributed by atoms with Crippen molar-refractivity contribution in [2.45, 2.75) is 24.9 Å². The van der Waals surface area contributed by atoms with E-state index >= 15 is 0 Å². The molecule has 2 aliphatic heterocycles. The molecular weight excluding hydrogens is 368 g/mol. The van der Waals surface area contributed by atoms with Crippen molar-refractivity contribution < 1.29 is 23.5 Å². The van der Waals surface area contributed by atoms with Crippen molar-refractivity contribution in [3.63, 3.8) is 0 Å². The second-order valence-corrected chi connectivity index (χ2v) is 6.99. The summed E-state index contributed by atoms with van der Waals surface area (Å²) in [7, 11) is 0. The van der Waals surface area contributed by atoms with Crippen LogP contribution in [0.25, 0.3) is 0 Å². The van der Waals surface area contributed by atoms with E-state index in [1.165, 1.54) is 11.8 Å². The van der Waals surface area contributed by atoms with Gasteiger partial charge in [0, 0.05) is 31.1 Å². The van der Waals surface area contributed by atoms with Crippen molar-refractivity contribution in [1.29, 1.82) is 0 Å². The Bertz CT molecular complexity index is 952. The molecule has 0 bridgehead atoms. The lowest BCUT2D eigenvalue weighted by Crippen LogP contribution is -2.70. The Kier molecular flexibility index (Phi) is 4.50. The predicted molar refractivity (Wildman–Crippen MR) is 99.1 cm³/mol. The largest absolute Gasteiger partial charge is 0.394 e. The number of urea groups is 1. The molecule has 8 heteroatoms. The summed E-state index contributed by atoms with van der Waals surface area (Å²) < 4.78 is 27.4. The minimum atomic E-state index is -0.743. The zero-order valence-electron chi connectivity index (χ0n) is 15.1. The number of anilines is 2. The van der Waals surface area contributed by atoms with Crippen molar-refractivity contribution in [1.82, 2.24) is 4.90 Å². The Labute approximate surface area is 160 Å². The highest BCUT2D eigenvalue weighted by Gasteiger charge is 2.54. The Morgan fingerprint density at radius 3 is 2.68 bits per heavy atom. The third kappa shape index (κ3) is 2.80. The number of aliphatic hydroxyl groups excluding tert-OH is 1. The van der Waals surface area contributed by atoms with Gasteiger partial charge in [0.05, 0.1) is 24.4 Å². The summed E-state index contributed by atoms with van der Waals surface area (Å²) in [4.78, 5) is 27.9. The second-order valence-electron chi connectivity index (χ2n) is 6.99. The number of likely N-dealkylation sites (tertiary alicyclic amines) is 1. The van der Waals surface area contributed by atoms with Gasteiger partial charge in [0.2, 0.25) is 5.91 Å². The molecule has 3 amide bonds.